The number of aryl methyl sites for hydroxylation is 1. The van der Waals surface area contributed by atoms with E-state index in [2.05, 4.69) is 60.0 Å². The topological polar surface area (TPSA) is 46.5 Å². The number of allylic oxidation sites excluding steroid dienone is 2. The Hall–Kier alpha value is -1.70. The molecule has 0 unspecified atom stereocenters. The zero-order valence-corrected chi connectivity index (χ0v) is 19.3. The molecule has 31 heavy (non-hydrogen) atoms. The number of carboxylic acid groups (broad SMARTS) is 1. The summed E-state index contributed by atoms with van der Waals surface area (Å²) in [7, 11) is 0. The molecule has 2 bridgehead atoms. The summed E-state index contributed by atoms with van der Waals surface area (Å²) in [5.74, 6) is 7.35. The van der Waals surface area contributed by atoms with Crippen molar-refractivity contribution in [1.29, 1.82) is 0 Å². The number of aliphatic carboxylic acids is 1. The third-order valence-electron chi connectivity index (χ3n) is 6.40. The van der Waals surface area contributed by atoms with Crippen LogP contribution in [0.4, 0.5) is 0 Å². The van der Waals surface area contributed by atoms with Crippen molar-refractivity contribution in [2.45, 2.75) is 74.7 Å². The molecular weight excluding hydrogens is 404 g/mol. The van der Waals surface area contributed by atoms with E-state index in [-0.39, 0.29) is 6.42 Å². The van der Waals surface area contributed by atoms with Gasteiger partial charge in [0.1, 0.15) is 0 Å². The Kier molecular flexibility index (Phi) is 10.6. The van der Waals surface area contributed by atoms with Crippen LogP contribution in [0.1, 0.15) is 63.4 Å². The average Bonchev–Trinajstić information content (AvgIpc) is 3.37. The quantitative estimate of drug-likeness (QED) is 0.228. The van der Waals surface area contributed by atoms with Gasteiger partial charge in [0.15, 0.2) is 0 Å². The lowest BCUT2D eigenvalue weighted by Gasteiger charge is -2.29. The highest BCUT2D eigenvalue weighted by atomic mass is 32.2. The lowest BCUT2D eigenvalue weighted by molar-refractivity contribution is -0.137. The molecule has 3 rings (SSSR count). The second kappa shape index (κ2) is 13.7. The molecule has 2 fully saturated rings. The first-order valence-electron chi connectivity index (χ1n) is 11.8. The van der Waals surface area contributed by atoms with Crippen LogP contribution in [0.25, 0.3) is 0 Å². The van der Waals surface area contributed by atoms with E-state index in [4.69, 9.17) is 9.84 Å². The predicted molar refractivity (Wildman–Crippen MR) is 129 cm³/mol. The summed E-state index contributed by atoms with van der Waals surface area (Å²) in [6.07, 6.45) is 14.2. The zero-order valence-electron chi connectivity index (χ0n) is 18.5. The van der Waals surface area contributed by atoms with Gasteiger partial charge in [-0.05, 0) is 62.3 Å². The molecule has 168 valence electrons. The number of ether oxygens (including phenoxy) is 1. The van der Waals surface area contributed by atoms with Crippen molar-refractivity contribution in [2.24, 2.45) is 11.8 Å². The van der Waals surface area contributed by atoms with Gasteiger partial charge in [0.25, 0.3) is 0 Å². The first-order chi connectivity index (χ1) is 15.2. The molecule has 0 aliphatic carbocycles. The minimum absolute atomic E-state index is 0.270. The Balaban J connectivity index is 1.27. The van der Waals surface area contributed by atoms with E-state index in [0.717, 1.165) is 80.5 Å². The van der Waals surface area contributed by atoms with Crippen LogP contribution in [0.5, 0.6) is 0 Å². The van der Waals surface area contributed by atoms with E-state index in [1.807, 2.05) is 6.07 Å². The van der Waals surface area contributed by atoms with E-state index in [0.29, 0.717) is 0 Å². The average molecular weight is 441 g/mol. The van der Waals surface area contributed by atoms with E-state index in [1.54, 1.807) is 0 Å². The fourth-order valence-corrected chi connectivity index (χ4v) is 6.86. The summed E-state index contributed by atoms with van der Waals surface area (Å²) in [6.45, 7) is 1.58. The monoisotopic (exact) mass is 440 g/mol. The highest BCUT2D eigenvalue weighted by molar-refractivity contribution is 8.01. The summed E-state index contributed by atoms with van der Waals surface area (Å²) in [5.41, 5.74) is 1.35. The highest BCUT2D eigenvalue weighted by Gasteiger charge is 2.46. The summed E-state index contributed by atoms with van der Waals surface area (Å²) < 4.78 is 5.91. The summed E-state index contributed by atoms with van der Waals surface area (Å²) in [4.78, 5) is 10.6. The fourth-order valence-electron chi connectivity index (χ4n) is 4.81. The molecule has 0 radical (unpaired) electrons. The summed E-state index contributed by atoms with van der Waals surface area (Å²) >= 11 is 2.21. The maximum Gasteiger partial charge on any atom is 0.303 e. The number of hydrogen-bond donors (Lipinski definition) is 1. The lowest BCUT2D eigenvalue weighted by Crippen LogP contribution is -2.28. The molecule has 4 atom stereocenters. The standard InChI is InChI=1S/C27H36O3S/c28-27(29)16-10-2-1-9-15-23-24(26-18-17-25(23)31-26)19-21-30-20-11-4-3-6-12-22-13-7-5-8-14-22/h1,5,7-9,13-14,23-26H,2,6,10-12,15-21H2,(H,28,29)/b9-1-/t23-,24+,25-,26+/m1/s1. The Labute approximate surface area is 192 Å². The molecular formula is C27H36O3S. The second-order valence-electron chi connectivity index (χ2n) is 8.60. The second-order valence-corrected chi connectivity index (χ2v) is 10.1. The van der Waals surface area contributed by atoms with E-state index in [1.165, 1.54) is 18.4 Å². The van der Waals surface area contributed by atoms with Crippen molar-refractivity contribution >= 4 is 17.7 Å². The minimum Gasteiger partial charge on any atom is -0.481 e. The SMILES string of the molecule is O=C(O)CCC/C=C\C[C@@H]1[C@H](CCOCCC#CCCc2ccccc2)[C@@H]2CC[C@H]1S2. The number of benzene rings is 1. The Morgan fingerprint density at radius 1 is 1.06 bits per heavy atom. The van der Waals surface area contributed by atoms with Crippen LogP contribution in [0.2, 0.25) is 0 Å². The van der Waals surface area contributed by atoms with Gasteiger partial charge in [-0.1, -0.05) is 42.5 Å². The smallest absolute Gasteiger partial charge is 0.303 e. The molecule has 0 aromatic heterocycles. The Morgan fingerprint density at radius 3 is 2.65 bits per heavy atom. The molecule has 2 heterocycles. The number of carboxylic acids is 1. The van der Waals surface area contributed by atoms with Gasteiger partial charge in [-0.25, -0.2) is 0 Å². The zero-order chi connectivity index (χ0) is 21.7. The molecule has 1 N–H and O–H groups in total. The molecule has 3 nitrogen and oxygen atoms in total. The van der Waals surface area contributed by atoms with Gasteiger partial charge >= 0.3 is 5.97 Å². The first kappa shape index (κ1) is 24.0. The van der Waals surface area contributed by atoms with Crippen molar-refractivity contribution in [3.63, 3.8) is 0 Å². The van der Waals surface area contributed by atoms with Gasteiger partial charge in [0.05, 0.1) is 6.61 Å². The summed E-state index contributed by atoms with van der Waals surface area (Å²) in [6, 6.07) is 10.5. The Bertz CT molecular complexity index is 749. The summed E-state index contributed by atoms with van der Waals surface area (Å²) in [5, 5.41) is 10.4. The molecule has 0 spiro atoms. The largest absolute Gasteiger partial charge is 0.481 e. The maximum atomic E-state index is 10.6. The number of thioether (sulfide) groups is 1. The number of unbranched alkanes of at least 4 members (excludes halogenated alkanes) is 1. The van der Waals surface area contributed by atoms with Crippen molar-refractivity contribution < 1.29 is 14.6 Å². The van der Waals surface area contributed by atoms with Crippen molar-refractivity contribution in [3.05, 3.63) is 48.0 Å². The number of carbonyl (C=O) groups is 1. The molecule has 1 aromatic rings. The highest BCUT2D eigenvalue weighted by Crippen LogP contribution is 2.55. The molecule has 2 aliphatic heterocycles. The van der Waals surface area contributed by atoms with Crippen LogP contribution in [0.3, 0.4) is 0 Å². The van der Waals surface area contributed by atoms with Crippen LogP contribution in [-0.4, -0.2) is 34.8 Å². The third kappa shape index (κ3) is 8.39. The van der Waals surface area contributed by atoms with Gasteiger partial charge < -0.3 is 9.84 Å². The molecule has 1 aromatic carbocycles. The van der Waals surface area contributed by atoms with Crippen LogP contribution in [-0.2, 0) is 16.0 Å². The van der Waals surface area contributed by atoms with Crippen LogP contribution in [0, 0.1) is 23.7 Å². The van der Waals surface area contributed by atoms with Crippen molar-refractivity contribution in [2.75, 3.05) is 13.2 Å². The predicted octanol–water partition coefficient (Wildman–Crippen LogP) is 6.13. The molecule has 4 heteroatoms. The Morgan fingerprint density at radius 2 is 1.84 bits per heavy atom. The number of hydrogen-bond acceptors (Lipinski definition) is 3. The minimum atomic E-state index is -0.698. The van der Waals surface area contributed by atoms with Gasteiger partial charge in [0.2, 0.25) is 0 Å². The van der Waals surface area contributed by atoms with Crippen molar-refractivity contribution in [3.8, 4) is 11.8 Å². The fraction of sp³-hybridized carbons (Fsp3) is 0.593. The third-order valence-corrected chi connectivity index (χ3v) is 8.27. The van der Waals surface area contributed by atoms with E-state index >= 15 is 0 Å². The van der Waals surface area contributed by atoms with Gasteiger partial charge in [-0.15, -0.1) is 11.8 Å². The molecule has 2 aliphatic rings. The van der Waals surface area contributed by atoms with Gasteiger partial charge in [-0.2, -0.15) is 11.8 Å². The van der Waals surface area contributed by atoms with Crippen LogP contribution in [0.15, 0.2) is 42.5 Å². The lowest BCUT2D eigenvalue weighted by atomic mass is 9.76. The number of fused-ring (bicyclic) bond motifs is 2. The number of rotatable bonds is 13. The van der Waals surface area contributed by atoms with Crippen LogP contribution < -0.4 is 0 Å². The van der Waals surface area contributed by atoms with E-state index in [9.17, 15) is 4.79 Å². The van der Waals surface area contributed by atoms with Crippen LogP contribution >= 0.6 is 11.8 Å². The molecule has 0 amide bonds. The molecule has 0 saturated carbocycles. The van der Waals surface area contributed by atoms with Crippen molar-refractivity contribution in [1.82, 2.24) is 0 Å². The maximum absolute atomic E-state index is 10.6. The van der Waals surface area contributed by atoms with Gasteiger partial charge in [-0.3, -0.25) is 4.79 Å². The van der Waals surface area contributed by atoms with Gasteiger partial charge in [0, 0.05) is 36.4 Å². The van der Waals surface area contributed by atoms with E-state index < -0.39 is 5.97 Å². The molecule has 2 saturated heterocycles. The first-order valence-corrected chi connectivity index (χ1v) is 12.8. The normalized spacial score (nSPS) is 24.4.